The number of benzene rings is 2. The van der Waals surface area contributed by atoms with Crippen LogP contribution in [0.5, 0.6) is 0 Å². The number of carbonyl (C=O) groups excluding carboxylic acids is 1. The van der Waals surface area contributed by atoms with Crippen molar-refractivity contribution >= 4 is 23.2 Å². The number of rotatable bonds is 3. The highest BCUT2D eigenvalue weighted by Crippen LogP contribution is 2.35. The minimum atomic E-state index is -4.69. The van der Waals surface area contributed by atoms with E-state index in [1.807, 2.05) is 12.1 Å². The summed E-state index contributed by atoms with van der Waals surface area (Å²) in [4.78, 5) is 34.8. The van der Waals surface area contributed by atoms with E-state index in [1.165, 1.54) is 47.4 Å². The van der Waals surface area contributed by atoms with E-state index in [-0.39, 0.29) is 33.8 Å². The molecule has 0 saturated carbocycles. The van der Waals surface area contributed by atoms with Gasteiger partial charge in [0.1, 0.15) is 0 Å². The van der Waals surface area contributed by atoms with Crippen LogP contribution in [-0.2, 0) is 11.0 Å². The molecule has 0 unspecified atom stereocenters. The smallest absolute Gasteiger partial charge is 0.324 e. The largest absolute Gasteiger partial charge is 0.436 e. The SMILES string of the molecule is C[C@@H]1CCC[C@H](n2cnc(-c3cc(Cl)ccc3-n3cc(C(F)(F)F)nn3)cc2=O)c2cccc(c2)-c2cc(F)ncc2NC1=O. The Morgan fingerprint density at radius 1 is 1.00 bits per heavy atom. The molecule has 230 valence electrons. The molecule has 14 heteroatoms. The Morgan fingerprint density at radius 2 is 1.82 bits per heavy atom. The number of nitrogens with zero attached hydrogens (tertiary/aromatic N) is 6. The van der Waals surface area contributed by atoms with Crippen molar-refractivity contribution in [1.29, 1.82) is 0 Å². The zero-order valence-corrected chi connectivity index (χ0v) is 24.3. The molecule has 0 fully saturated rings. The van der Waals surface area contributed by atoms with Crippen molar-refractivity contribution in [2.24, 2.45) is 5.92 Å². The quantitative estimate of drug-likeness (QED) is 0.174. The molecule has 0 aliphatic carbocycles. The molecule has 2 bridgehead atoms. The number of anilines is 1. The minimum absolute atomic E-state index is 0.168. The summed E-state index contributed by atoms with van der Waals surface area (Å²) < 4.78 is 56.2. The van der Waals surface area contributed by atoms with Gasteiger partial charge in [-0.2, -0.15) is 17.6 Å². The first-order chi connectivity index (χ1) is 21.5. The van der Waals surface area contributed by atoms with E-state index in [4.69, 9.17) is 11.6 Å². The Bertz CT molecular complexity index is 1970. The average Bonchev–Trinajstić information content (AvgIpc) is 3.51. The minimum Gasteiger partial charge on any atom is -0.324 e. The van der Waals surface area contributed by atoms with Crippen molar-refractivity contribution in [1.82, 2.24) is 29.5 Å². The van der Waals surface area contributed by atoms with Crippen molar-refractivity contribution in [2.75, 3.05) is 5.32 Å². The predicted octanol–water partition coefficient (Wildman–Crippen LogP) is 6.71. The third-order valence-corrected chi connectivity index (χ3v) is 7.95. The molecule has 2 atom stereocenters. The number of hydrogen-bond acceptors (Lipinski definition) is 6. The molecule has 1 N–H and O–H groups in total. The summed E-state index contributed by atoms with van der Waals surface area (Å²) in [6.07, 6.45) is 0.319. The molecule has 1 aliphatic heterocycles. The van der Waals surface area contributed by atoms with Crippen LogP contribution in [0.3, 0.4) is 0 Å². The summed E-state index contributed by atoms with van der Waals surface area (Å²) in [6.45, 7) is 1.80. The zero-order chi connectivity index (χ0) is 31.9. The maximum atomic E-state index is 14.2. The van der Waals surface area contributed by atoms with E-state index in [2.05, 4.69) is 25.6 Å². The molecule has 9 nitrogen and oxygen atoms in total. The standard InChI is InChI=1S/C31H24ClF4N7O2/c1-17-4-2-7-25(19-6-3-5-18(10-19)21-12-28(33)37-14-24(21)39-30(17)45)42-16-38-23(13-29(42)44)22-11-20(32)8-9-26(22)43-15-27(40-41-43)31(34,35)36/h3,5-6,8-17,25H,2,4,7H2,1H3,(H,39,45)/t17-,25+/m1/s1. The van der Waals surface area contributed by atoms with Gasteiger partial charge in [0, 0.05) is 34.2 Å². The monoisotopic (exact) mass is 637 g/mol. The van der Waals surface area contributed by atoms with Gasteiger partial charge in [-0.1, -0.05) is 48.4 Å². The third-order valence-electron chi connectivity index (χ3n) is 7.71. The lowest BCUT2D eigenvalue weighted by Gasteiger charge is -2.23. The Kier molecular flexibility index (Phi) is 7.96. The molecule has 4 heterocycles. The summed E-state index contributed by atoms with van der Waals surface area (Å²) in [5.41, 5.74) is 1.23. The van der Waals surface area contributed by atoms with Crippen LogP contribution in [0.2, 0.25) is 5.02 Å². The number of fused-ring (bicyclic) bond motifs is 4. The van der Waals surface area contributed by atoms with Gasteiger partial charge in [-0.3, -0.25) is 14.2 Å². The maximum absolute atomic E-state index is 14.2. The fraction of sp³-hybridized carbons (Fsp3) is 0.226. The number of nitrogens with one attached hydrogen (secondary N) is 1. The molecule has 0 radical (unpaired) electrons. The Hall–Kier alpha value is -4.91. The summed E-state index contributed by atoms with van der Waals surface area (Å²) in [6, 6.07) is 13.7. The lowest BCUT2D eigenvalue weighted by Crippen LogP contribution is -2.26. The number of pyridine rings is 1. The Balaban J connectivity index is 1.42. The van der Waals surface area contributed by atoms with Gasteiger partial charge >= 0.3 is 6.18 Å². The van der Waals surface area contributed by atoms with E-state index in [9.17, 15) is 27.2 Å². The van der Waals surface area contributed by atoms with Crippen LogP contribution in [-0.4, -0.2) is 35.4 Å². The highest BCUT2D eigenvalue weighted by atomic mass is 35.5. The van der Waals surface area contributed by atoms with E-state index >= 15 is 0 Å². The highest BCUT2D eigenvalue weighted by Gasteiger charge is 2.35. The lowest BCUT2D eigenvalue weighted by atomic mass is 9.93. The van der Waals surface area contributed by atoms with Crippen LogP contribution in [0, 0.1) is 11.9 Å². The summed E-state index contributed by atoms with van der Waals surface area (Å²) >= 11 is 6.23. The van der Waals surface area contributed by atoms with Crippen molar-refractivity contribution in [3.8, 4) is 28.1 Å². The van der Waals surface area contributed by atoms with Gasteiger partial charge in [-0.05, 0) is 48.2 Å². The molecule has 0 saturated heterocycles. The van der Waals surface area contributed by atoms with Gasteiger partial charge in [0.05, 0.1) is 41.8 Å². The predicted molar refractivity (Wildman–Crippen MR) is 158 cm³/mol. The van der Waals surface area contributed by atoms with Gasteiger partial charge in [-0.15, -0.1) is 5.10 Å². The van der Waals surface area contributed by atoms with Gasteiger partial charge in [0.15, 0.2) is 5.69 Å². The first-order valence-electron chi connectivity index (χ1n) is 13.9. The highest BCUT2D eigenvalue weighted by molar-refractivity contribution is 6.31. The molecule has 6 rings (SSSR count). The van der Waals surface area contributed by atoms with Crippen LogP contribution in [0.15, 0.2) is 78.1 Å². The summed E-state index contributed by atoms with van der Waals surface area (Å²) in [5.74, 6) is -1.30. The molecular formula is C31H24ClF4N7O2. The first kappa shape index (κ1) is 30.1. The number of carbonyl (C=O) groups is 1. The van der Waals surface area contributed by atoms with E-state index in [0.29, 0.717) is 36.1 Å². The fourth-order valence-electron chi connectivity index (χ4n) is 5.37. The molecule has 5 aromatic rings. The fourth-order valence-corrected chi connectivity index (χ4v) is 5.54. The second-order valence-corrected chi connectivity index (χ2v) is 11.2. The molecule has 3 aromatic heterocycles. The molecule has 45 heavy (non-hydrogen) atoms. The first-order valence-corrected chi connectivity index (χ1v) is 14.3. The van der Waals surface area contributed by atoms with Crippen LogP contribution in [0.25, 0.3) is 28.1 Å². The van der Waals surface area contributed by atoms with Crippen molar-refractivity contribution in [3.63, 3.8) is 0 Å². The maximum Gasteiger partial charge on any atom is 0.436 e. The number of hydrogen-bond donors (Lipinski definition) is 1. The van der Waals surface area contributed by atoms with Crippen molar-refractivity contribution in [2.45, 2.75) is 38.4 Å². The van der Waals surface area contributed by atoms with Crippen LogP contribution >= 0.6 is 11.6 Å². The van der Waals surface area contributed by atoms with E-state index < -0.39 is 29.4 Å². The second kappa shape index (κ2) is 11.9. The Morgan fingerprint density at radius 3 is 2.58 bits per heavy atom. The zero-order valence-electron chi connectivity index (χ0n) is 23.6. The number of amides is 1. The normalized spacial score (nSPS) is 17.2. The topological polar surface area (TPSA) is 108 Å². The molecule has 2 aromatic carbocycles. The summed E-state index contributed by atoms with van der Waals surface area (Å²) in [5, 5.41) is 9.97. The lowest BCUT2D eigenvalue weighted by molar-refractivity contribution is -0.141. The Labute approximate surface area is 258 Å². The third kappa shape index (κ3) is 6.21. The van der Waals surface area contributed by atoms with E-state index in [0.717, 1.165) is 16.4 Å². The average molecular weight is 638 g/mol. The molecular weight excluding hydrogens is 614 g/mol. The van der Waals surface area contributed by atoms with Crippen LogP contribution < -0.4 is 10.9 Å². The van der Waals surface area contributed by atoms with Gasteiger partial charge < -0.3 is 5.32 Å². The van der Waals surface area contributed by atoms with Gasteiger partial charge in [0.25, 0.3) is 5.56 Å². The molecule has 1 amide bonds. The number of alkyl halides is 3. The van der Waals surface area contributed by atoms with Crippen LogP contribution in [0.4, 0.5) is 23.2 Å². The molecule has 1 aliphatic rings. The van der Waals surface area contributed by atoms with Crippen molar-refractivity contribution < 1.29 is 22.4 Å². The molecule has 0 spiro atoms. The van der Waals surface area contributed by atoms with Gasteiger partial charge in [0.2, 0.25) is 11.9 Å². The van der Waals surface area contributed by atoms with Gasteiger partial charge in [-0.25, -0.2) is 14.6 Å². The number of halogens is 5. The summed E-state index contributed by atoms with van der Waals surface area (Å²) in [7, 11) is 0. The van der Waals surface area contributed by atoms with Crippen molar-refractivity contribution in [3.05, 3.63) is 106 Å². The second-order valence-electron chi connectivity index (χ2n) is 10.7. The number of aromatic nitrogens is 6. The van der Waals surface area contributed by atoms with Crippen LogP contribution in [0.1, 0.15) is 43.5 Å². The van der Waals surface area contributed by atoms with E-state index in [1.54, 1.807) is 19.1 Å².